The first-order chi connectivity index (χ1) is 14.2. The summed E-state index contributed by atoms with van der Waals surface area (Å²) in [6.07, 6.45) is 7.23. The zero-order chi connectivity index (χ0) is 20.2. The van der Waals surface area contributed by atoms with Gasteiger partial charge in [0.1, 0.15) is 0 Å². The third-order valence-electron chi connectivity index (χ3n) is 5.76. The Hall–Kier alpha value is -2.45. The van der Waals surface area contributed by atoms with Crippen LogP contribution in [0.25, 0.3) is 11.1 Å². The van der Waals surface area contributed by atoms with Crippen LogP contribution < -0.4 is 5.32 Å². The largest absolute Gasteiger partial charge is 0.356 e. The van der Waals surface area contributed by atoms with Gasteiger partial charge in [0, 0.05) is 22.5 Å². The van der Waals surface area contributed by atoms with Gasteiger partial charge in [-0.2, -0.15) is 0 Å². The van der Waals surface area contributed by atoms with Gasteiger partial charge in [0.2, 0.25) is 0 Å². The quantitative estimate of drug-likeness (QED) is 0.303. The molecule has 0 atom stereocenters. The number of unbranched alkanes of at least 4 members (excludes halogenated alkanes) is 2. The van der Waals surface area contributed by atoms with Crippen molar-refractivity contribution in [2.45, 2.75) is 52.4 Å². The number of aryl methyl sites for hydroxylation is 2. The first kappa shape index (κ1) is 19.8. The molecule has 1 nitrogen and oxygen atoms in total. The van der Waals surface area contributed by atoms with E-state index in [0.717, 1.165) is 29.1 Å². The highest BCUT2D eigenvalue weighted by Crippen LogP contribution is 2.39. The minimum absolute atomic E-state index is 0.968. The fourth-order valence-corrected chi connectivity index (χ4v) is 4.39. The van der Waals surface area contributed by atoms with Gasteiger partial charge in [0.15, 0.2) is 0 Å². The second-order valence-electron chi connectivity index (χ2n) is 8.00. The molecule has 4 rings (SSSR count). The number of fused-ring (bicyclic) bond motifs is 3. The number of rotatable bonds is 8. The fraction of sp³-hybridized carbons (Fsp3) is 0.296. The Morgan fingerprint density at radius 3 is 1.97 bits per heavy atom. The van der Waals surface area contributed by atoms with E-state index in [1.807, 2.05) is 0 Å². The maximum Gasteiger partial charge on any atom is 0.0535 e. The molecule has 0 spiro atoms. The third kappa shape index (κ3) is 4.28. The van der Waals surface area contributed by atoms with Crippen LogP contribution in [-0.2, 0) is 12.8 Å². The van der Waals surface area contributed by atoms with Gasteiger partial charge < -0.3 is 5.32 Å². The van der Waals surface area contributed by atoms with Crippen LogP contribution in [0.3, 0.4) is 0 Å². The summed E-state index contributed by atoms with van der Waals surface area (Å²) in [5, 5.41) is 3.54. The summed E-state index contributed by atoms with van der Waals surface area (Å²) in [4.78, 5) is 0.968. The highest BCUT2D eigenvalue weighted by Gasteiger charge is 2.24. The normalized spacial score (nSPS) is 12.0. The van der Waals surface area contributed by atoms with Crippen LogP contribution in [0.1, 0.15) is 61.8 Å². The van der Waals surface area contributed by atoms with E-state index >= 15 is 0 Å². The van der Waals surface area contributed by atoms with Crippen molar-refractivity contribution >= 4 is 28.5 Å². The minimum atomic E-state index is 0.968. The van der Waals surface area contributed by atoms with Crippen LogP contribution in [-0.4, -0.2) is 4.86 Å². The predicted molar refractivity (Wildman–Crippen MR) is 130 cm³/mol. The third-order valence-corrected chi connectivity index (χ3v) is 6.20. The Labute approximate surface area is 180 Å². The van der Waals surface area contributed by atoms with E-state index in [0.29, 0.717) is 0 Å². The molecule has 0 heterocycles. The molecule has 1 N–H and O–H groups in total. The van der Waals surface area contributed by atoms with Gasteiger partial charge in [0.05, 0.1) is 4.86 Å². The Morgan fingerprint density at radius 2 is 1.24 bits per heavy atom. The zero-order valence-electron chi connectivity index (χ0n) is 17.4. The van der Waals surface area contributed by atoms with Crippen molar-refractivity contribution < 1.29 is 0 Å². The average molecular weight is 400 g/mol. The summed E-state index contributed by atoms with van der Waals surface area (Å²) in [6.45, 7) is 4.48. The number of nitrogens with one attached hydrogen (secondary N) is 1. The van der Waals surface area contributed by atoms with Crippen molar-refractivity contribution in [2.75, 3.05) is 5.32 Å². The Kier molecular flexibility index (Phi) is 6.10. The number of anilines is 2. The molecule has 0 fully saturated rings. The van der Waals surface area contributed by atoms with Crippen molar-refractivity contribution in [3.05, 3.63) is 82.9 Å². The maximum atomic E-state index is 5.81. The lowest BCUT2D eigenvalue weighted by molar-refractivity contribution is 0.795. The summed E-state index contributed by atoms with van der Waals surface area (Å²) in [6, 6.07) is 22.2. The van der Waals surface area contributed by atoms with Gasteiger partial charge in [-0.3, -0.25) is 0 Å². The highest BCUT2D eigenvalue weighted by atomic mass is 32.1. The molecule has 3 aromatic carbocycles. The average Bonchev–Trinajstić information content (AvgIpc) is 3.03. The molecule has 1 aliphatic carbocycles. The lowest BCUT2D eigenvalue weighted by atomic mass is 10.00. The summed E-state index contributed by atoms with van der Waals surface area (Å²) in [5.41, 5.74) is 9.96. The first-order valence-corrected chi connectivity index (χ1v) is 11.3. The summed E-state index contributed by atoms with van der Waals surface area (Å²) in [7, 11) is 0. The van der Waals surface area contributed by atoms with Crippen LogP contribution in [0, 0.1) is 0 Å². The van der Waals surface area contributed by atoms with Gasteiger partial charge in [0.25, 0.3) is 0 Å². The number of thiocarbonyl (C=S) groups is 1. The topological polar surface area (TPSA) is 12.0 Å². The molecule has 0 saturated heterocycles. The van der Waals surface area contributed by atoms with E-state index in [4.69, 9.17) is 12.2 Å². The molecule has 1 aliphatic rings. The van der Waals surface area contributed by atoms with Gasteiger partial charge >= 0.3 is 0 Å². The smallest absolute Gasteiger partial charge is 0.0535 e. The van der Waals surface area contributed by atoms with Crippen LogP contribution in [0.5, 0.6) is 0 Å². The van der Waals surface area contributed by atoms with E-state index in [1.54, 1.807) is 0 Å². The maximum absolute atomic E-state index is 5.81. The lowest BCUT2D eigenvalue weighted by Crippen LogP contribution is -1.96. The van der Waals surface area contributed by atoms with E-state index < -0.39 is 0 Å². The standard InChI is InChI=1S/C27H29NS/c1-3-5-7-19-9-12-21(13-10-19)28-22-14-16-23-25-17-20(8-6-4-2)11-15-24(25)27(29)26(23)18-22/h9-18,28H,3-8H2,1-2H3. The monoisotopic (exact) mass is 399 g/mol. The van der Waals surface area contributed by atoms with Crippen molar-refractivity contribution in [1.29, 1.82) is 0 Å². The molecule has 0 aromatic heterocycles. The Balaban J connectivity index is 1.55. The molecule has 148 valence electrons. The summed E-state index contributed by atoms with van der Waals surface area (Å²) < 4.78 is 0. The predicted octanol–water partition coefficient (Wildman–Crippen LogP) is 7.86. The minimum Gasteiger partial charge on any atom is -0.356 e. The highest BCUT2D eigenvalue weighted by molar-refractivity contribution is 7.81. The second-order valence-corrected chi connectivity index (χ2v) is 8.41. The van der Waals surface area contributed by atoms with Crippen LogP contribution in [0.15, 0.2) is 60.7 Å². The van der Waals surface area contributed by atoms with Crippen molar-refractivity contribution in [1.82, 2.24) is 0 Å². The van der Waals surface area contributed by atoms with Crippen molar-refractivity contribution in [3.63, 3.8) is 0 Å². The molecule has 0 aliphatic heterocycles. The molecular weight excluding hydrogens is 370 g/mol. The van der Waals surface area contributed by atoms with E-state index in [9.17, 15) is 0 Å². The van der Waals surface area contributed by atoms with Crippen LogP contribution in [0.2, 0.25) is 0 Å². The van der Waals surface area contributed by atoms with E-state index in [2.05, 4.69) is 79.8 Å². The molecule has 3 aromatic rings. The van der Waals surface area contributed by atoms with Crippen molar-refractivity contribution in [2.24, 2.45) is 0 Å². The fourth-order valence-electron chi connectivity index (χ4n) is 4.04. The molecule has 29 heavy (non-hydrogen) atoms. The first-order valence-electron chi connectivity index (χ1n) is 10.9. The molecule has 0 saturated carbocycles. The van der Waals surface area contributed by atoms with Gasteiger partial charge in [-0.05, 0) is 72.2 Å². The van der Waals surface area contributed by atoms with Gasteiger partial charge in [-0.15, -0.1) is 0 Å². The second kappa shape index (κ2) is 8.92. The molecule has 0 radical (unpaired) electrons. The Morgan fingerprint density at radius 1 is 0.621 bits per heavy atom. The van der Waals surface area contributed by atoms with E-state index in [1.165, 1.54) is 59.1 Å². The molecule has 0 amide bonds. The summed E-state index contributed by atoms with van der Waals surface area (Å²) >= 11 is 5.81. The van der Waals surface area contributed by atoms with Gasteiger partial charge in [-0.25, -0.2) is 0 Å². The van der Waals surface area contributed by atoms with Crippen molar-refractivity contribution in [3.8, 4) is 11.1 Å². The number of hydrogen-bond acceptors (Lipinski definition) is 2. The SMILES string of the molecule is CCCCc1ccc(Nc2ccc3c(c2)C(=S)c2ccc(CCCC)cc2-3)cc1. The van der Waals surface area contributed by atoms with Crippen LogP contribution in [0.4, 0.5) is 11.4 Å². The Bertz CT molecular complexity index is 1020. The molecule has 0 bridgehead atoms. The number of benzene rings is 3. The number of hydrogen-bond donors (Lipinski definition) is 1. The molecular formula is C27H29NS. The zero-order valence-corrected chi connectivity index (χ0v) is 18.2. The molecule has 0 unspecified atom stereocenters. The molecule has 2 heteroatoms. The van der Waals surface area contributed by atoms with Crippen LogP contribution >= 0.6 is 12.2 Å². The lowest BCUT2D eigenvalue weighted by Gasteiger charge is -2.10. The summed E-state index contributed by atoms with van der Waals surface area (Å²) in [5.74, 6) is 0. The van der Waals surface area contributed by atoms with E-state index in [-0.39, 0.29) is 0 Å². The van der Waals surface area contributed by atoms with Gasteiger partial charge in [-0.1, -0.05) is 75.3 Å².